The van der Waals surface area contributed by atoms with Crippen molar-refractivity contribution in [3.05, 3.63) is 0 Å². The number of aliphatic hydroxyl groups excluding tert-OH is 1. The molecule has 0 aliphatic rings. The Kier molecular flexibility index (Phi) is 3.17. The topological polar surface area (TPSA) is 32.3 Å². The zero-order valence-corrected chi connectivity index (χ0v) is 5.11. The van der Waals surface area contributed by atoms with E-state index in [9.17, 15) is 0 Å². The van der Waals surface area contributed by atoms with Gasteiger partial charge < -0.3 is 0 Å². The minimum atomic E-state index is -0.378. The van der Waals surface area contributed by atoms with Crippen molar-refractivity contribution in [1.82, 2.24) is 3.88 Å². The second-order valence-corrected chi connectivity index (χ2v) is 1.42. The van der Waals surface area contributed by atoms with Crippen LogP contribution in [-0.2, 0) is 20.1 Å². The molecule has 3 heteroatoms. The Morgan fingerprint density at radius 2 is 2.20 bits per heavy atom. The number of aliphatic hydroxyl groups is 1. The second kappa shape index (κ2) is 2.83. The summed E-state index contributed by atoms with van der Waals surface area (Å²) in [4.78, 5) is 0. The van der Waals surface area contributed by atoms with Crippen LogP contribution in [0.2, 0.25) is 0 Å². The van der Waals surface area contributed by atoms with Crippen LogP contribution in [0.5, 0.6) is 0 Å². The second-order valence-electron chi connectivity index (χ2n) is 0.767. The fourth-order valence-corrected chi connectivity index (χ4v) is 0. The first kappa shape index (κ1) is 5.61. The molecule has 0 aliphatic carbocycles. The van der Waals surface area contributed by atoms with Gasteiger partial charge >= 0.3 is 42.2 Å². The van der Waals surface area contributed by atoms with Crippen LogP contribution < -0.4 is 3.88 Å². The van der Waals surface area contributed by atoms with Gasteiger partial charge in [0.15, 0.2) is 0 Å². The van der Waals surface area contributed by atoms with E-state index in [4.69, 9.17) is 5.11 Å². The molecule has 1 unspecified atom stereocenters. The van der Waals surface area contributed by atoms with Crippen molar-refractivity contribution in [2.24, 2.45) is 0 Å². The Bertz CT molecular complexity index is 23.6. The van der Waals surface area contributed by atoms with Crippen molar-refractivity contribution in [1.29, 1.82) is 0 Å². The number of hydrogen-bond acceptors (Lipinski definition) is 2. The minimum absolute atomic E-state index is 0.378. The molecule has 0 saturated carbocycles. The first-order chi connectivity index (χ1) is 2.27. The first-order valence-corrected chi connectivity index (χ1v) is 2.42. The van der Waals surface area contributed by atoms with E-state index in [1.807, 2.05) is 20.1 Å². The van der Waals surface area contributed by atoms with Crippen LogP contribution in [0.1, 0.15) is 6.92 Å². The molecule has 0 spiro atoms. The van der Waals surface area contributed by atoms with E-state index in [1.165, 1.54) is 0 Å². The van der Waals surface area contributed by atoms with Crippen LogP contribution >= 0.6 is 0 Å². The zero-order valence-electron chi connectivity index (χ0n) is 2.84. The first-order valence-electron chi connectivity index (χ1n) is 1.28. The molecule has 0 saturated heterocycles. The molecule has 0 aromatic rings. The molecule has 5 heavy (non-hydrogen) atoms. The van der Waals surface area contributed by atoms with E-state index in [0.717, 1.165) is 0 Å². The van der Waals surface area contributed by atoms with Crippen LogP contribution in [0.3, 0.4) is 0 Å². The van der Waals surface area contributed by atoms with Gasteiger partial charge in [-0.2, -0.15) is 0 Å². The normalized spacial score (nSPS) is 15.2. The predicted molar refractivity (Wildman–Crippen MR) is 14.8 cm³/mol. The van der Waals surface area contributed by atoms with Crippen LogP contribution in [0.15, 0.2) is 0 Å². The van der Waals surface area contributed by atoms with Gasteiger partial charge in [0.1, 0.15) is 0 Å². The molecular formula is C2H6NOPt. The quantitative estimate of drug-likeness (QED) is 0.612. The molecule has 0 rings (SSSR count). The third-order valence-electron chi connectivity index (χ3n) is 0.132. The maximum absolute atomic E-state index is 8.24. The molecule has 0 bridgehead atoms. The fourth-order valence-electron chi connectivity index (χ4n) is 0. The average Bonchev–Trinajstić information content (AvgIpc) is 1.38. The predicted octanol–water partition coefficient (Wildman–Crippen LogP) is -0.624. The van der Waals surface area contributed by atoms with E-state index < -0.39 is 0 Å². The Labute approximate surface area is 42.8 Å². The Morgan fingerprint density at radius 3 is 2.20 bits per heavy atom. The molecule has 0 radical (unpaired) electrons. The van der Waals surface area contributed by atoms with Crippen LogP contribution in [0.4, 0.5) is 0 Å². The summed E-state index contributed by atoms with van der Waals surface area (Å²) >= 11 is 1.86. The van der Waals surface area contributed by atoms with Gasteiger partial charge in [-0.25, -0.2) is 0 Å². The van der Waals surface area contributed by atoms with Crippen molar-refractivity contribution < 1.29 is 25.2 Å². The van der Waals surface area contributed by atoms with Gasteiger partial charge in [-0.15, -0.1) is 0 Å². The van der Waals surface area contributed by atoms with Crippen LogP contribution in [-0.4, -0.2) is 11.3 Å². The summed E-state index contributed by atoms with van der Waals surface area (Å²) in [6, 6.07) is 0. The van der Waals surface area contributed by atoms with E-state index in [1.54, 1.807) is 6.92 Å². The molecular weight excluding hydrogens is 249 g/mol. The molecule has 0 amide bonds. The standard InChI is InChI=1S/C2H6NO.Pt/c1-2(3)4;/h2-4H,1H3;/q-1;+1. The third kappa shape index (κ3) is 4.61. The van der Waals surface area contributed by atoms with Gasteiger partial charge in [-0.1, -0.05) is 0 Å². The molecule has 1 atom stereocenters. The molecule has 0 heterocycles. The number of rotatable bonds is 1. The van der Waals surface area contributed by atoms with Crippen molar-refractivity contribution in [3.63, 3.8) is 0 Å². The molecule has 0 aliphatic heterocycles. The summed E-state index contributed by atoms with van der Waals surface area (Å²) < 4.78 is 2.56. The van der Waals surface area contributed by atoms with E-state index in [2.05, 4.69) is 3.88 Å². The van der Waals surface area contributed by atoms with Crippen molar-refractivity contribution >= 4 is 0 Å². The average molecular weight is 255 g/mol. The Balaban J connectivity index is 2.54. The van der Waals surface area contributed by atoms with E-state index in [0.29, 0.717) is 0 Å². The maximum atomic E-state index is 8.24. The van der Waals surface area contributed by atoms with Gasteiger partial charge in [-0.3, -0.25) is 0 Å². The summed E-state index contributed by atoms with van der Waals surface area (Å²) in [5, 5.41) is 8.24. The van der Waals surface area contributed by atoms with Crippen molar-refractivity contribution in [2.45, 2.75) is 13.2 Å². The van der Waals surface area contributed by atoms with Gasteiger partial charge in [0.25, 0.3) is 0 Å². The van der Waals surface area contributed by atoms with Gasteiger partial charge in [0, 0.05) is 0 Å². The molecule has 2 nitrogen and oxygen atoms in total. The van der Waals surface area contributed by atoms with E-state index in [-0.39, 0.29) is 6.23 Å². The molecule has 35 valence electrons. The van der Waals surface area contributed by atoms with Crippen LogP contribution in [0.25, 0.3) is 0 Å². The summed E-state index contributed by atoms with van der Waals surface area (Å²) in [6.45, 7) is 1.66. The molecule has 0 aromatic carbocycles. The van der Waals surface area contributed by atoms with E-state index >= 15 is 0 Å². The molecule has 0 fully saturated rings. The summed E-state index contributed by atoms with van der Waals surface area (Å²) in [7, 11) is 0. The number of nitrogens with one attached hydrogen (secondary N) is 1. The summed E-state index contributed by atoms with van der Waals surface area (Å²) in [5.74, 6) is 0. The van der Waals surface area contributed by atoms with Crippen molar-refractivity contribution in [3.8, 4) is 0 Å². The monoisotopic (exact) mass is 255 g/mol. The Morgan fingerprint density at radius 1 is 2.00 bits per heavy atom. The van der Waals surface area contributed by atoms with Gasteiger partial charge in [0.2, 0.25) is 0 Å². The summed E-state index contributed by atoms with van der Waals surface area (Å²) in [5.41, 5.74) is 0. The van der Waals surface area contributed by atoms with Gasteiger partial charge in [-0.05, 0) is 0 Å². The number of hydrogen-bond donors (Lipinski definition) is 2. The molecule has 2 N–H and O–H groups in total. The third-order valence-corrected chi connectivity index (χ3v) is 1.08. The zero-order chi connectivity index (χ0) is 4.28. The SMILES string of the molecule is CC(O)[NH][Pt]. The van der Waals surface area contributed by atoms with Gasteiger partial charge in [0.05, 0.1) is 0 Å². The fraction of sp³-hybridized carbons (Fsp3) is 1.00. The summed E-state index contributed by atoms with van der Waals surface area (Å²) in [6.07, 6.45) is -0.378. The molecule has 0 aromatic heterocycles. The Hall–Kier alpha value is 0.608. The van der Waals surface area contributed by atoms with Crippen LogP contribution in [0, 0.1) is 0 Å². The van der Waals surface area contributed by atoms with Crippen molar-refractivity contribution in [2.75, 3.05) is 0 Å².